The van der Waals surface area contributed by atoms with E-state index in [9.17, 15) is 4.39 Å². The monoisotopic (exact) mass is 364 g/mol. The molecule has 3 heterocycles. The summed E-state index contributed by atoms with van der Waals surface area (Å²) < 4.78 is 15.6. The van der Waals surface area contributed by atoms with Crippen molar-refractivity contribution in [2.24, 2.45) is 0 Å². The molecule has 0 aliphatic rings. The highest BCUT2D eigenvalue weighted by atomic mass is 19.1. The van der Waals surface area contributed by atoms with Crippen LogP contribution in [0.15, 0.2) is 30.5 Å². The molecule has 4 N–H and O–H groups in total. The van der Waals surface area contributed by atoms with E-state index in [-0.39, 0.29) is 17.7 Å². The van der Waals surface area contributed by atoms with Crippen LogP contribution in [0.3, 0.4) is 0 Å². The fourth-order valence-electron chi connectivity index (χ4n) is 3.00. The molecule has 8 nitrogen and oxygen atoms in total. The lowest BCUT2D eigenvalue weighted by Gasteiger charge is -2.07. The maximum absolute atomic E-state index is 13.7. The van der Waals surface area contributed by atoms with Crippen LogP contribution in [0, 0.1) is 12.7 Å². The van der Waals surface area contributed by atoms with Crippen LogP contribution in [0.2, 0.25) is 0 Å². The van der Waals surface area contributed by atoms with Crippen molar-refractivity contribution >= 4 is 23.1 Å². The highest BCUT2D eigenvalue weighted by molar-refractivity contribution is 5.90. The van der Waals surface area contributed by atoms with Gasteiger partial charge in [0.1, 0.15) is 22.7 Å². The number of hydrogen-bond donors (Lipinski definition) is 2. The molecule has 0 atom stereocenters. The van der Waals surface area contributed by atoms with E-state index in [4.69, 9.17) is 16.5 Å². The highest BCUT2D eigenvalue weighted by Gasteiger charge is 2.20. The fraction of sp³-hybridized carbons (Fsp3) is 0.167. The zero-order valence-electron chi connectivity index (χ0n) is 14.8. The topological polar surface area (TPSA) is 121 Å². The Balaban J connectivity index is 2.03. The van der Waals surface area contributed by atoms with Crippen LogP contribution in [-0.4, -0.2) is 29.5 Å². The number of benzene rings is 1. The summed E-state index contributed by atoms with van der Waals surface area (Å²) in [6.07, 6.45) is 1.57. The number of aromatic nitrogens is 6. The van der Waals surface area contributed by atoms with Gasteiger partial charge in [0.2, 0.25) is 11.9 Å². The second-order valence-corrected chi connectivity index (χ2v) is 6.05. The van der Waals surface area contributed by atoms with E-state index in [1.54, 1.807) is 31.3 Å². The van der Waals surface area contributed by atoms with Crippen molar-refractivity contribution in [3.05, 3.63) is 41.8 Å². The summed E-state index contributed by atoms with van der Waals surface area (Å²) in [7, 11) is 0. The van der Waals surface area contributed by atoms with Gasteiger partial charge in [0.15, 0.2) is 11.5 Å². The maximum atomic E-state index is 13.7. The van der Waals surface area contributed by atoms with Crippen molar-refractivity contribution in [1.82, 2.24) is 29.5 Å². The van der Waals surface area contributed by atoms with Crippen molar-refractivity contribution in [2.45, 2.75) is 20.4 Å². The third-order valence-electron chi connectivity index (χ3n) is 4.26. The summed E-state index contributed by atoms with van der Waals surface area (Å²) in [5.74, 6) is 0.569. The Morgan fingerprint density at radius 2 is 1.85 bits per heavy atom. The SMILES string of the molecule is CCn1c(-c2ccnc(N)n2)nc2c(-c3ccc(F)c(C)c3)nc(N)nc21. The molecule has 0 aliphatic carbocycles. The molecule has 0 saturated carbocycles. The lowest BCUT2D eigenvalue weighted by atomic mass is 10.1. The molecule has 0 unspecified atom stereocenters. The third kappa shape index (κ3) is 2.82. The number of nitrogens with zero attached hydrogens (tertiary/aromatic N) is 6. The summed E-state index contributed by atoms with van der Waals surface area (Å²) >= 11 is 0. The molecule has 0 saturated heterocycles. The molecule has 4 rings (SSSR count). The summed E-state index contributed by atoms with van der Waals surface area (Å²) in [5, 5.41) is 0. The van der Waals surface area contributed by atoms with Crippen molar-refractivity contribution in [1.29, 1.82) is 0 Å². The van der Waals surface area contributed by atoms with Gasteiger partial charge < -0.3 is 16.0 Å². The average molecular weight is 364 g/mol. The second-order valence-electron chi connectivity index (χ2n) is 6.05. The average Bonchev–Trinajstić information content (AvgIpc) is 3.01. The normalized spacial score (nSPS) is 11.2. The minimum atomic E-state index is -0.284. The van der Waals surface area contributed by atoms with Gasteiger partial charge in [0, 0.05) is 18.3 Å². The van der Waals surface area contributed by atoms with Crippen molar-refractivity contribution in [2.75, 3.05) is 11.5 Å². The smallest absolute Gasteiger partial charge is 0.222 e. The zero-order valence-corrected chi connectivity index (χ0v) is 14.8. The number of aryl methyl sites for hydroxylation is 2. The van der Waals surface area contributed by atoms with Crippen LogP contribution in [0.25, 0.3) is 33.9 Å². The van der Waals surface area contributed by atoms with E-state index >= 15 is 0 Å². The predicted octanol–water partition coefficient (Wildman–Crippen LogP) is 2.58. The van der Waals surface area contributed by atoms with E-state index in [2.05, 4.69) is 19.9 Å². The Morgan fingerprint density at radius 1 is 1.04 bits per heavy atom. The first-order valence-electron chi connectivity index (χ1n) is 8.37. The zero-order chi connectivity index (χ0) is 19.1. The first-order chi connectivity index (χ1) is 13.0. The van der Waals surface area contributed by atoms with Gasteiger partial charge in [0.25, 0.3) is 0 Å². The molecule has 1 aromatic carbocycles. The van der Waals surface area contributed by atoms with Gasteiger partial charge in [0.05, 0.1) is 0 Å². The number of rotatable bonds is 3. The van der Waals surface area contributed by atoms with Gasteiger partial charge in [-0.05, 0) is 43.7 Å². The molecule has 136 valence electrons. The van der Waals surface area contributed by atoms with E-state index in [0.29, 0.717) is 46.0 Å². The molecule has 0 spiro atoms. The summed E-state index contributed by atoms with van der Waals surface area (Å²) in [6.45, 7) is 4.25. The fourth-order valence-corrected chi connectivity index (χ4v) is 3.00. The Hall–Kier alpha value is -3.62. The lowest BCUT2D eigenvalue weighted by Crippen LogP contribution is -2.04. The Morgan fingerprint density at radius 3 is 2.56 bits per heavy atom. The lowest BCUT2D eigenvalue weighted by molar-refractivity contribution is 0.619. The Bertz CT molecular complexity index is 1170. The Kier molecular flexibility index (Phi) is 3.91. The van der Waals surface area contributed by atoms with Crippen LogP contribution in [-0.2, 0) is 6.54 Å². The molecule has 0 radical (unpaired) electrons. The van der Waals surface area contributed by atoms with Crippen LogP contribution >= 0.6 is 0 Å². The number of anilines is 2. The number of fused-ring (bicyclic) bond motifs is 1. The highest BCUT2D eigenvalue weighted by Crippen LogP contribution is 2.31. The van der Waals surface area contributed by atoms with Gasteiger partial charge >= 0.3 is 0 Å². The van der Waals surface area contributed by atoms with E-state index in [0.717, 1.165) is 0 Å². The Labute approximate surface area is 154 Å². The number of nitrogen functional groups attached to an aromatic ring is 2. The van der Waals surface area contributed by atoms with Gasteiger partial charge in [-0.15, -0.1) is 0 Å². The number of halogens is 1. The number of imidazole rings is 1. The molecule has 27 heavy (non-hydrogen) atoms. The van der Waals surface area contributed by atoms with E-state index in [1.165, 1.54) is 6.07 Å². The van der Waals surface area contributed by atoms with E-state index in [1.807, 2.05) is 11.5 Å². The third-order valence-corrected chi connectivity index (χ3v) is 4.26. The molecule has 0 bridgehead atoms. The molecule has 9 heteroatoms. The van der Waals surface area contributed by atoms with Crippen LogP contribution in [0.4, 0.5) is 16.3 Å². The molecular weight excluding hydrogens is 347 g/mol. The molecule has 0 amide bonds. The minimum absolute atomic E-state index is 0.114. The molecule has 3 aromatic heterocycles. The van der Waals surface area contributed by atoms with Gasteiger partial charge in [-0.25, -0.2) is 24.3 Å². The first-order valence-corrected chi connectivity index (χ1v) is 8.37. The van der Waals surface area contributed by atoms with Crippen molar-refractivity contribution in [3.63, 3.8) is 0 Å². The number of nitrogens with two attached hydrogens (primary N) is 2. The van der Waals surface area contributed by atoms with Gasteiger partial charge in [-0.2, -0.15) is 4.98 Å². The molecule has 4 aromatic rings. The van der Waals surface area contributed by atoms with Crippen LogP contribution in [0.1, 0.15) is 12.5 Å². The van der Waals surface area contributed by atoms with Crippen molar-refractivity contribution in [3.8, 4) is 22.8 Å². The van der Waals surface area contributed by atoms with Gasteiger partial charge in [-0.3, -0.25) is 0 Å². The molecule has 0 fully saturated rings. The molecule has 0 aliphatic heterocycles. The second kappa shape index (κ2) is 6.27. The quantitative estimate of drug-likeness (QED) is 0.573. The minimum Gasteiger partial charge on any atom is -0.368 e. The summed E-state index contributed by atoms with van der Waals surface area (Å²) in [5.41, 5.74) is 15.1. The maximum Gasteiger partial charge on any atom is 0.222 e. The van der Waals surface area contributed by atoms with E-state index < -0.39 is 0 Å². The molecular formula is C18H17FN8. The number of hydrogen-bond acceptors (Lipinski definition) is 7. The summed E-state index contributed by atoms with van der Waals surface area (Å²) in [6, 6.07) is 6.49. The first kappa shape index (κ1) is 16.8. The van der Waals surface area contributed by atoms with Crippen LogP contribution in [0.5, 0.6) is 0 Å². The van der Waals surface area contributed by atoms with Crippen molar-refractivity contribution < 1.29 is 4.39 Å². The van der Waals surface area contributed by atoms with Gasteiger partial charge in [-0.1, -0.05) is 0 Å². The standard InChI is InChI=1S/C18H17FN8/c1-3-27-15(12-6-7-22-17(20)23-12)24-14-13(25-18(21)26-16(14)27)10-4-5-11(19)9(2)8-10/h4-8H,3H2,1-2H3,(H2,20,22,23)(H2,21,25,26). The van der Waals surface area contributed by atoms with Crippen LogP contribution < -0.4 is 11.5 Å². The predicted molar refractivity (Wildman–Crippen MR) is 101 cm³/mol. The summed E-state index contributed by atoms with van der Waals surface area (Å²) in [4.78, 5) is 21.6. The largest absolute Gasteiger partial charge is 0.368 e.